The number of halogens is 3. The molecule has 3 aromatic carbocycles. The van der Waals surface area contributed by atoms with E-state index in [1.54, 1.807) is 35.2 Å². The first-order valence-corrected chi connectivity index (χ1v) is 14.0. The highest BCUT2D eigenvalue weighted by Gasteiger charge is 2.46. The molecule has 0 bridgehead atoms. The first-order chi connectivity index (χ1) is 18.4. The molecule has 3 N–H and O–H groups in total. The number of hydrogen-bond donors (Lipinski definition) is 2. The van der Waals surface area contributed by atoms with Gasteiger partial charge in [-0.15, -0.1) is 0 Å². The quantitative estimate of drug-likeness (QED) is 0.427. The monoisotopic (exact) mass is 559 g/mol. The normalized spacial score (nSPS) is 16.4. The van der Waals surface area contributed by atoms with Gasteiger partial charge in [-0.25, -0.2) is 18.4 Å². The number of urea groups is 1. The van der Waals surface area contributed by atoms with Crippen LogP contribution >= 0.6 is 0 Å². The number of amides is 2. The molecular weight excluding hydrogens is 531 g/mol. The second-order valence-corrected chi connectivity index (χ2v) is 11.6. The van der Waals surface area contributed by atoms with Gasteiger partial charge in [0, 0.05) is 24.2 Å². The Hall–Kier alpha value is -3.57. The highest BCUT2D eigenvalue weighted by molar-refractivity contribution is 7.89. The van der Waals surface area contributed by atoms with Gasteiger partial charge >= 0.3 is 12.2 Å². The van der Waals surface area contributed by atoms with Crippen molar-refractivity contribution in [2.24, 2.45) is 5.14 Å². The van der Waals surface area contributed by atoms with Gasteiger partial charge < -0.3 is 10.1 Å². The fourth-order valence-electron chi connectivity index (χ4n) is 5.70. The summed E-state index contributed by atoms with van der Waals surface area (Å²) in [5, 5.41) is 8.02. The van der Waals surface area contributed by atoms with E-state index in [0.717, 1.165) is 37.3 Å². The maximum atomic E-state index is 13.9. The molecule has 11 heteroatoms. The topological polar surface area (TPSA) is 102 Å². The Balaban J connectivity index is 1.44. The average molecular weight is 560 g/mol. The van der Waals surface area contributed by atoms with Crippen LogP contribution in [-0.2, 0) is 28.2 Å². The van der Waals surface area contributed by atoms with E-state index in [2.05, 4.69) is 5.32 Å². The van der Waals surface area contributed by atoms with Crippen LogP contribution in [-0.4, -0.2) is 28.1 Å². The summed E-state index contributed by atoms with van der Waals surface area (Å²) in [7, 11) is -2.49. The van der Waals surface area contributed by atoms with E-state index in [0.29, 0.717) is 23.4 Å². The molecule has 1 heterocycles. The van der Waals surface area contributed by atoms with Crippen LogP contribution in [0.3, 0.4) is 0 Å². The molecule has 206 valence electrons. The van der Waals surface area contributed by atoms with Gasteiger partial charge in [0.2, 0.25) is 10.0 Å². The Morgan fingerprint density at radius 2 is 1.74 bits per heavy atom. The number of ether oxygens (including phenoxy) is 1. The molecule has 3 aromatic rings. The van der Waals surface area contributed by atoms with E-state index in [-0.39, 0.29) is 34.2 Å². The number of alkyl halides is 3. The van der Waals surface area contributed by atoms with E-state index < -0.39 is 21.8 Å². The number of carbonyl (C=O) groups is 1. The zero-order valence-electron chi connectivity index (χ0n) is 21.2. The molecule has 0 unspecified atom stereocenters. The van der Waals surface area contributed by atoms with Gasteiger partial charge in [-0.2, -0.15) is 13.2 Å². The van der Waals surface area contributed by atoms with Crippen molar-refractivity contribution in [2.45, 2.75) is 48.7 Å². The number of fused-ring (bicyclic) bond motifs is 2. The van der Waals surface area contributed by atoms with Crippen molar-refractivity contribution < 1.29 is 31.1 Å². The highest BCUT2D eigenvalue weighted by Crippen LogP contribution is 2.52. The van der Waals surface area contributed by atoms with Gasteiger partial charge in [-0.3, -0.25) is 4.90 Å². The number of anilines is 1. The average Bonchev–Trinajstić information content (AvgIpc) is 3.51. The van der Waals surface area contributed by atoms with Gasteiger partial charge in [0.25, 0.3) is 0 Å². The summed E-state index contributed by atoms with van der Waals surface area (Å²) in [6.45, 7) is 0.609. The van der Waals surface area contributed by atoms with Gasteiger partial charge in [-0.05, 0) is 71.5 Å². The number of nitrogens with zero attached hydrogens (tertiary/aromatic N) is 1. The summed E-state index contributed by atoms with van der Waals surface area (Å²) in [5.41, 5.74) is 1.67. The molecule has 1 fully saturated rings. The van der Waals surface area contributed by atoms with Crippen LogP contribution in [0.1, 0.15) is 42.4 Å². The number of primary sulfonamides is 1. The fourth-order valence-corrected chi connectivity index (χ4v) is 6.22. The Bertz CT molecular complexity index is 1520. The Morgan fingerprint density at radius 3 is 2.36 bits per heavy atom. The largest absolute Gasteiger partial charge is 0.497 e. The summed E-state index contributed by atoms with van der Waals surface area (Å²) in [5.74, 6) is 0.127. The SMILES string of the molecule is COc1ccc(-c2ccc3c(c2)C2(CCCC2)CN3C(=O)NCc2ccc(S(N)(=O)=O)cc2)c(C(F)(F)F)c1. The van der Waals surface area contributed by atoms with Crippen molar-refractivity contribution >= 4 is 21.7 Å². The molecule has 0 aromatic heterocycles. The van der Waals surface area contributed by atoms with E-state index >= 15 is 0 Å². The van der Waals surface area contributed by atoms with Crippen LogP contribution in [0.4, 0.5) is 23.7 Å². The number of benzene rings is 3. The lowest BCUT2D eigenvalue weighted by Crippen LogP contribution is -2.41. The third kappa shape index (κ3) is 5.20. The van der Waals surface area contributed by atoms with Crippen LogP contribution in [0.2, 0.25) is 0 Å². The molecular formula is C28H28F3N3O4S. The van der Waals surface area contributed by atoms with Crippen LogP contribution in [0.5, 0.6) is 5.75 Å². The van der Waals surface area contributed by atoms with E-state index in [4.69, 9.17) is 9.88 Å². The standard InChI is InChI=1S/C28H28F3N3O4S/c1-38-20-7-10-22(23(15-20)28(29,30)31)19-6-11-25-24(14-19)27(12-2-3-13-27)17-34(25)26(35)33-16-18-4-8-21(9-5-18)39(32,36)37/h4-11,14-15H,2-3,12-13,16-17H2,1H3,(H,33,35)(H2,32,36,37). The van der Waals surface area contributed by atoms with Crippen molar-refractivity contribution in [3.8, 4) is 16.9 Å². The van der Waals surface area contributed by atoms with Gasteiger partial charge in [0.05, 0.1) is 17.6 Å². The van der Waals surface area contributed by atoms with Crippen molar-refractivity contribution in [3.05, 3.63) is 77.4 Å². The summed E-state index contributed by atoms with van der Waals surface area (Å²) < 4.78 is 69.8. The van der Waals surface area contributed by atoms with Crippen LogP contribution in [0.15, 0.2) is 65.6 Å². The third-order valence-corrected chi connectivity index (χ3v) is 8.59. The van der Waals surface area contributed by atoms with Crippen LogP contribution < -0.4 is 20.1 Å². The first-order valence-electron chi connectivity index (χ1n) is 12.5. The molecule has 1 saturated carbocycles. The predicted molar refractivity (Wildman–Crippen MR) is 141 cm³/mol. The summed E-state index contributed by atoms with van der Waals surface area (Å²) in [4.78, 5) is 14.9. The third-order valence-electron chi connectivity index (χ3n) is 7.66. The lowest BCUT2D eigenvalue weighted by Gasteiger charge is -2.25. The molecule has 39 heavy (non-hydrogen) atoms. The van der Waals surface area contributed by atoms with E-state index in [1.807, 2.05) is 0 Å². The molecule has 5 rings (SSSR count). The molecule has 0 atom stereocenters. The smallest absolute Gasteiger partial charge is 0.417 e. The lowest BCUT2D eigenvalue weighted by atomic mass is 9.79. The molecule has 2 amide bonds. The Kier molecular flexibility index (Phi) is 6.84. The predicted octanol–water partition coefficient (Wildman–Crippen LogP) is 5.57. The maximum absolute atomic E-state index is 13.9. The van der Waals surface area contributed by atoms with Crippen molar-refractivity contribution in [1.29, 1.82) is 0 Å². The van der Waals surface area contributed by atoms with Crippen molar-refractivity contribution in [1.82, 2.24) is 5.32 Å². The molecule has 0 radical (unpaired) electrons. The van der Waals surface area contributed by atoms with Gasteiger partial charge in [0.15, 0.2) is 0 Å². The molecule has 1 aliphatic heterocycles. The number of rotatable bonds is 5. The van der Waals surface area contributed by atoms with Gasteiger partial charge in [0.1, 0.15) is 5.75 Å². The second kappa shape index (κ2) is 9.87. The molecule has 1 spiro atoms. The Labute approximate surface area is 224 Å². The van der Waals surface area contributed by atoms with E-state index in [1.165, 1.54) is 31.4 Å². The lowest BCUT2D eigenvalue weighted by molar-refractivity contribution is -0.137. The second-order valence-electron chi connectivity index (χ2n) is 10.1. The number of carbonyl (C=O) groups excluding carboxylic acids is 1. The summed E-state index contributed by atoms with van der Waals surface area (Å²) >= 11 is 0. The molecule has 2 aliphatic rings. The fraction of sp³-hybridized carbons (Fsp3) is 0.321. The highest BCUT2D eigenvalue weighted by atomic mass is 32.2. The maximum Gasteiger partial charge on any atom is 0.417 e. The first kappa shape index (κ1) is 27.0. The van der Waals surface area contributed by atoms with E-state index in [9.17, 15) is 26.4 Å². The number of nitrogens with one attached hydrogen (secondary N) is 1. The molecule has 1 aliphatic carbocycles. The number of sulfonamides is 1. The summed E-state index contributed by atoms with van der Waals surface area (Å²) in [6, 6.07) is 14.7. The minimum Gasteiger partial charge on any atom is -0.497 e. The Morgan fingerprint density at radius 1 is 1.05 bits per heavy atom. The minimum absolute atomic E-state index is 0.0180. The summed E-state index contributed by atoms with van der Waals surface area (Å²) in [6.07, 6.45) is -0.919. The van der Waals surface area contributed by atoms with Gasteiger partial charge in [-0.1, -0.05) is 37.1 Å². The van der Waals surface area contributed by atoms with Crippen LogP contribution in [0, 0.1) is 0 Å². The van der Waals surface area contributed by atoms with Crippen molar-refractivity contribution in [2.75, 3.05) is 18.6 Å². The molecule has 0 saturated heterocycles. The number of methoxy groups -OCH3 is 1. The number of nitrogens with two attached hydrogens (primary N) is 1. The van der Waals surface area contributed by atoms with Crippen LogP contribution in [0.25, 0.3) is 11.1 Å². The number of hydrogen-bond acceptors (Lipinski definition) is 4. The van der Waals surface area contributed by atoms with Crippen molar-refractivity contribution in [3.63, 3.8) is 0 Å². The molecule has 7 nitrogen and oxygen atoms in total. The minimum atomic E-state index is -4.56. The zero-order valence-corrected chi connectivity index (χ0v) is 22.0. The zero-order chi connectivity index (χ0) is 28.0.